The van der Waals surface area contributed by atoms with Crippen molar-refractivity contribution in [3.8, 4) is 17.2 Å². The molecule has 0 aliphatic rings. The molecular weight excluding hydrogens is 362 g/mol. The van der Waals surface area contributed by atoms with Gasteiger partial charge in [-0.1, -0.05) is 12.1 Å². The molecule has 2 aromatic rings. The summed E-state index contributed by atoms with van der Waals surface area (Å²) in [5.41, 5.74) is 10.1. The van der Waals surface area contributed by atoms with Gasteiger partial charge in [-0.2, -0.15) is 5.10 Å². The van der Waals surface area contributed by atoms with E-state index in [4.69, 9.17) is 19.9 Å². The number of hydrogen-bond acceptors (Lipinski definition) is 6. The number of rotatable bonds is 9. The predicted octanol–water partition coefficient (Wildman–Crippen LogP) is 1.71. The van der Waals surface area contributed by atoms with Crippen LogP contribution in [0.2, 0.25) is 0 Å². The quantitative estimate of drug-likeness (QED) is 0.504. The van der Waals surface area contributed by atoms with Gasteiger partial charge in [0.2, 0.25) is 0 Å². The zero-order chi connectivity index (χ0) is 20.5. The van der Waals surface area contributed by atoms with Gasteiger partial charge in [0.15, 0.2) is 24.7 Å². The highest BCUT2D eigenvalue weighted by Crippen LogP contribution is 2.27. The first kappa shape index (κ1) is 20.8. The number of nitrogens with one attached hydrogen (secondary N) is 1. The molecule has 0 atom stereocenters. The Morgan fingerprint density at radius 1 is 1.04 bits per heavy atom. The van der Waals surface area contributed by atoms with Crippen molar-refractivity contribution in [3.05, 3.63) is 53.1 Å². The van der Waals surface area contributed by atoms with Crippen molar-refractivity contribution >= 4 is 18.0 Å². The van der Waals surface area contributed by atoms with Gasteiger partial charge < -0.3 is 19.9 Å². The van der Waals surface area contributed by atoms with Gasteiger partial charge in [-0.25, -0.2) is 5.43 Å². The molecule has 0 fully saturated rings. The second-order valence-electron chi connectivity index (χ2n) is 6.02. The van der Waals surface area contributed by atoms with Gasteiger partial charge in [0.25, 0.3) is 11.8 Å². The number of aryl methyl sites for hydroxylation is 2. The van der Waals surface area contributed by atoms with E-state index in [-0.39, 0.29) is 19.1 Å². The predicted molar refractivity (Wildman–Crippen MR) is 105 cm³/mol. The van der Waals surface area contributed by atoms with Crippen LogP contribution in [0.3, 0.4) is 0 Å². The van der Waals surface area contributed by atoms with Gasteiger partial charge in [0, 0.05) is 0 Å². The van der Waals surface area contributed by atoms with E-state index < -0.39 is 5.91 Å². The Bertz CT molecular complexity index is 880. The number of amides is 2. The summed E-state index contributed by atoms with van der Waals surface area (Å²) in [5, 5.41) is 3.90. The van der Waals surface area contributed by atoms with E-state index in [2.05, 4.69) is 10.5 Å². The summed E-state index contributed by atoms with van der Waals surface area (Å²) in [6.07, 6.45) is 1.45. The second kappa shape index (κ2) is 9.96. The zero-order valence-corrected chi connectivity index (χ0v) is 16.0. The molecule has 28 heavy (non-hydrogen) atoms. The number of nitrogens with two attached hydrogens (primary N) is 1. The van der Waals surface area contributed by atoms with Gasteiger partial charge in [-0.15, -0.1) is 0 Å². The van der Waals surface area contributed by atoms with Crippen molar-refractivity contribution < 1.29 is 23.8 Å². The standard InChI is InChI=1S/C20H23N3O5/c1-13-4-5-14(2)17(8-13)28-12-20(25)23-22-10-15-6-7-16(18(9-15)26-3)27-11-19(21)24/h4-10H,11-12H2,1-3H3,(H2,21,24)(H,23,25)/b22-10+. The Balaban J connectivity index is 1.90. The minimum absolute atomic E-state index is 0.148. The topological polar surface area (TPSA) is 112 Å². The van der Waals surface area contributed by atoms with Crippen LogP contribution in [-0.2, 0) is 9.59 Å². The monoisotopic (exact) mass is 385 g/mol. The lowest BCUT2D eigenvalue weighted by Gasteiger charge is -2.10. The van der Waals surface area contributed by atoms with Crippen molar-refractivity contribution in [1.29, 1.82) is 0 Å². The van der Waals surface area contributed by atoms with Crippen LogP contribution in [0.15, 0.2) is 41.5 Å². The molecule has 3 N–H and O–H groups in total. The van der Waals surface area contributed by atoms with Gasteiger partial charge >= 0.3 is 0 Å². The number of methoxy groups -OCH3 is 1. The Morgan fingerprint density at radius 2 is 1.79 bits per heavy atom. The first-order valence-electron chi connectivity index (χ1n) is 8.50. The number of hydrogen-bond donors (Lipinski definition) is 2. The molecule has 8 heteroatoms. The molecule has 2 aromatic carbocycles. The number of carbonyl (C=O) groups is 2. The van der Waals surface area contributed by atoms with Gasteiger partial charge in [0.1, 0.15) is 5.75 Å². The fourth-order valence-corrected chi connectivity index (χ4v) is 2.25. The van der Waals surface area contributed by atoms with Crippen molar-refractivity contribution in [2.75, 3.05) is 20.3 Å². The maximum absolute atomic E-state index is 11.9. The number of benzene rings is 2. The minimum atomic E-state index is -0.585. The molecule has 0 aromatic heterocycles. The average Bonchev–Trinajstić information content (AvgIpc) is 2.67. The van der Waals surface area contributed by atoms with Gasteiger partial charge in [0.05, 0.1) is 13.3 Å². The number of primary amides is 1. The smallest absolute Gasteiger partial charge is 0.277 e. The first-order chi connectivity index (χ1) is 13.4. The Morgan fingerprint density at radius 3 is 2.50 bits per heavy atom. The lowest BCUT2D eigenvalue weighted by Crippen LogP contribution is -2.24. The largest absolute Gasteiger partial charge is 0.493 e. The van der Waals surface area contributed by atoms with Crippen LogP contribution in [0.4, 0.5) is 0 Å². The molecule has 0 spiro atoms. The third kappa shape index (κ3) is 6.31. The van der Waals surface area contributed by atoms with Crippen LogP contribution in [-0.4, -0.2) is 38.4 Å². The van der Waals surface area contributed by atoms with E-state index in [1.165, 1.54) is 13.3 Å². The second-order valence-corrected chi connectivity index (χ2v) is 6.02. The highest BCUT2D eigenvalue weighted by atomic mass is 16.5. The van der Waals surface area contributed by atoms with Crippen LogP contribution >= 0.6 is 0 Å². The molecule has 2 amide bonds. The summed E-state index contributed by atoms with van der Waals surface area (Å²) >= 11 is 0. The molecule has 0 saturated carbocycles. The summed E-state index contributed by atoms with van der Waals surface area (Å²) in [6, 6.07) is 10.8. The third-order valence-corrected chi connectivity index (χ3v) is 3.66. The van der Waals surface area contributed by atoms with Crippen LogP contribution < -0.4 is 25.4 Å². The van der Waals surface area contributed by atoms with Crippen molar-refractivity contribution in [3.63, 3.8) is 0 Å². The lowest BCUT2D eigenvalue weighted by atomic mass is 10.1. The fourth-order valence-electron chi connectivity index (χ4n) is 2.25. The third-order valence-electron chi connectivity index (χ3n) is 3.66. The van der Waals surface area contributed by atoms with E-state index in [1.54, 1.807) is 18.2 Å². The fraction of sp³-hybridized carbons (Fsp3) is 0.250. The molecule has 0 unspecified atom stereocenters. The van der Waals surface area contributed by atoms with Gasteiger partial charge in [-0.05, 0) is 54.8 Å². The maximum atomic E-state index is 11.9. The van der Waals surface area contributed by atoms with Crippen molar-refractivity contribution in [2.45, 2.75) is 13.8 Å². The maximum Gasteiger partial charge on any atom is 0.277 e. The normalized spacial score (nSPS) is 10.5. The molecule has 0 radical (unpaired) electrons. The molecule has 0 aliphatic heterocycles. The minimum Gasteiger partial charge on any atom is -0.493 e. The van der Waals surface area contributed by atoms with Crippen LogP contribution in [0.5, 0.6) is 17.2 Å². The Kier molecular flexibility index (Phi) is 7.38. The van der Waals surface area contributed by atoms with Gasteiger partial charge in [-0.3, -0.25) is 9.59 Å². The Labute approximate surface area is 163 Å². The molecule has 148 valence electrons. The van der Waals surface area contributed by atoms with Crippen molar-refractivity contribution in [1.82, 2.24) is 5.43 Å². The summed E-state index contributed by atoms with van der Waals surface area (Å²) in [5.74, 6) is 0.485. The molecule has 0 heterocycles. The number of hydrazone groups is 1. The van der Waals surface area contributed by atoms with E-state index in [0.29, 0.717) is 22.8 Å². The SMILES string of the molecule is COc1cc(/C=N/NC(=O)COc2cc(C)ccc2C)ccc1OCC(N)=O. The molecule has 8 nitrogen and oxygen atoms in total. The summed E-state index contributed by atoms with van der Waals surface area (Å²) in [6.45, 7) is 3.47. The number of ether oxygens (including phenoxy) is 3. The summed E-state index contributed by atoms with van der Waals surface area (Å²) in [4.78, 5) is 22.7. The molecule has 2 rings (SSSR count). The van der Waals surface area contributed by atoms with E-state index >= 15 is 0 Å². The highest BCUT2D eigenvalue weighted by Gasteiger charge is 2.07. The number of nitrogens with zero attached hydrogens (tertiary/aromatic N) is 1. The van der Waals surface area contributed by atoms with E-state index in [9.17, 15) is 9.59 Å². The molecule has 0 saturated heterocycles. The average molecular weight is 385 g/mol. The first-order valence-corrected chi connectivity index (χ1v) is 8.50. The lowest BCUT2D eigenvalue weighted by molar-refractivity contribution is -0.123. The van der Waals surface area contributed by atoms with E-state index in [0.717, 1.165) is 11.1 Å². The van der Waals surface area contributed by atoms with Crippen molar-refractivity contribution in [2.24, 2.45) is 10.8 Å². The highest BCUT2D eigenvalue weighted by molar-refractivity contribution is 5.83. The van der Waals surface area contributed by atoms with Crippen LogP contribution in [0.25, 0.3) is 0 Å². The molecular formula is C20H23N3O5. The zero-order valence-electron chi connectivity index (χ0n) is 16.0. The number of carbonyl (C=O) groups excluding carboxylic acids is 2. The molecule has 0 bridgehead atoms. The van der Waals surface area contributed by atoms with Crippen LogP contribution in [0, 0.1) is 13.8 Å². The Hall–Kier alpha value is -3.55. The molecule has 0 aliphatic carbocycles. The summed E-state index contributed by atoms with van der Waals surface area (Å²) in [7, 11) is 1.47. The van der Waals surface area contributed by atoms with Crippen LogP contribution in [0.1, 0.15) is 16.7 Å². The van der Waals surface area contributed by atoms with E-state index in [1.807, 2.05) is 32.0 Å². The summed E-state index contributed by atoms with van der Waals surface area (Å²) < 4.78 is 16.0.